The Bertz CT molecular complexity index is 1290. The van der Waals surface area contributed by atoms with Crippen LogP contribution in [0.15, 0.2) is 50.5 Å². The van der Waals surface area contributed by atoms with E-state index in [0.29, 0.717) is 17.1 Å². The zero-order valence-electron chi connectivity index (χ0n) is 15.8. The molecule has 0 radical (unpaired) electrons. The first-order valence-corrected chi connectivity index (χ1v) is 8.63. The molecule has 0 saturated carbocycles. The van der Waals surface area contributed by atoms with Gasteiger partial charge < -0.3 is 10.2 Å². The summed E-state index contributed by atoms with van der Waals surface area (Å²) in [6.45, 7) is 1.77. The maximum Gasteiger partial charge on any atom is 0.292 e. The van der Waals surface area contributed by atoms with Gasteiger partial charge in [0.05, 0.1) is 11.1 Å². The van der Waals surface area contributed by atoms with Gasteiger partial charge in [0.25, 0.3) is 11.6 Å². The molecule has 0 fully saturated rings. The number of aromatic nitrogens is 5. The first-order valence-electron chi connectivity index (χ1n) is 8.63. The highest BCUT2D eigenvalue weighted by atomic mass is 16.6. The monoisotopic (exact) mass is 423 g/mol. The number of nitrogens with two attached hydrogens (primary N) is 1. The molecule has 3 heterocycles. The zero-order valence-corrected chi connectivity index (χ0v) is 15.8. The second-order valence-electron chi connectivity index (χ2n) is 6.12. The molecule has 14 heteroatoms. The van der Waals surface area contributed by atoms with Crippen molar-refractivity contribution < 1.29 is 18.8 Å². The van der Waals surface area contributed by atoms with Crippen molar-refractivity contribution in [1.29, 1.82) is 0 Å². The third-order valence-corrected chi connectivity index (χ3v) is 4.05. The maximum absolute atomic E-state index is 12.9. The lowest BCUT2D eigenvalue weighted by atomic mass is 10.1. The lowest BCUT2D eigenvalue weighted by Gasteiger charge is -2.04. The Morgan fingerprint density at radius 1 is 1.26 bits per heavy atom. The van der Waals surface area contributed by atoms with Gasteiger partial charge in [-0.2, -0.15) is 9.78 Å². The number of nitro benzene ring substituents is 1. The molecular weight excluding hydrogens is 410 g/mol. The molecule has 0 aliphatic carbocycles. The second kappa shape index (κ2) is 7.86. The molecule has 0 aliphatic rings. The second-order valence-corrected chi connectivity index (χ2v) is 6.12. The number of benzene rings is 1. The van der Waals surface area contributed by atoms with Crippen LogP contribution in [0.5, 0.6) is 0 Å². The van der Waals surface area contributed by atoms with Crippen molar-refractivity contribution in [2.75, 3.05) is 5.73 Å². The largest absolute Gasteiger partial charge is 0.460 e. The lowest BCUT2D eigenvalue weighted by molar-refractivity contribution is -0.384. The molecule has 0 atom stereocenters. The smallest absolute Gasteiger partial charge is 0.292 e. The molecule has 4 aromatic rings. The molecule has 0 saturated heterocycles. The summed E-state index contributed by atoms with van der Waals surface area (Å²) in [5.41, 5.74) is 8.35. The first kappa shape index (κ1) is 19.4. The Hall–Kier alpha value is -4.88. The number of rotatable bonds is 6. The van der Waals surface area contributed by atoms with Crippen LogP contribution in [0, 0.1) is 17.0 Å². The Morgan fingerprint density at radius 3 is 2.65 bits per heavy atom. The number of non-ortho nitro benzene ring substituents is 1. The number of carbonyl (C=O) groups excluding carboxylic acids is 1. The number of anilines is 1. The van der Waals surface area contributed by atoms with Crippen molar-refractivity contribution in [2.45, 2.75) is 6.92 Å². The zero-order chi connectivity index (χ0) is 22.0. The van der Waals surface area contributed by atoms with Crippen LogP contribution >= 0.6 is 0 Å². The quantitative estimate of drug-likeness (QED) is 0.260. The van der Waals surface area contributed by atoms with Gasteiger partial charge in [-0.05, 0) is 41.5 Å². The van der Waals surface area contributed by atoms with E-state index in [9.17, 15) is 14.9 Å². The molecule has 14 nitrogen and oxygen atoms in total. The fraction of sp³-hybridized carbons (Fsp3) is 0.0588. The average molecular weight is 423 g/mol. The van der Waals surface area contributed by atoms with Gasteiger partial charge in [0.1, 0.15) is 17.2 Å². The van der Waals surface area contributed by atoms with E-state index in [1.54, 1.807) is 19.1 Å². The van der Waals surface area contributed by atoms with Crippen LogP contribution in [0.2, 0.25) is 0 Å². The highest BCUT2D eigenvalue weighted by Crippen LogP contribution is 2.26. The molecule has 1 aromatic carbocycles. The summed E-state index contributed by atoms with van der Waals surface area (Å²) in [7, 11) is 0. The van der Waals surface area contributed by atoms with E-state index in [1.165, 1.54) is 30.5 Å². The van der Waals surface area contributed by atoms with Crippen molar-refractivity contribution in [3.05, 3.63) is 63.7 Å². The van der Waals surface area contributed by atoms with Gasteiger partial charge in [0, 0.05) is 17.7 Å². The number of furan rings is 1. The van der Waals surface area contributed by atoms with Crippen molar-refractivity contribution >= 4 is 23.6 Å². The number of hydrogen-bond acceptors (Lipinski definition) is 11. The summed E-state index contributed by atoms with van der Waals surface area (Å²) in [6.07, 6.45) is 1.32. The lowest BCUT2D eigenvalue weighted by Crippen LogP contribution is -2.22. The highest BCUT2D eigenvalue weighted by Gasteiger charge is 2.26. The topological polar surface area (TPSA) is 193 Å². The Balaban J connectivity index is 1.71. The molecule has 0 aliphatic heterocycles. The Labute approximate surface area is 172 Å². The molecule has 0 bridgehead atoms. The van der Waals surface area contributed by atoms with Gasteiger partial charge in [0.2, 0.25) is 11.6 Å². The normalized spacial score (nSPS) is 11.1. The summed E-state index contributed by atoms with van der Waals surface area (Å²) < 4.78 is 10.9. The minimum Gasteiger partial charge on any atom is -0.460 e. The number of hydrazone groups is 1. The molecule has 1 amide bonds. The third kappa shape index (κ3) is 3.84. The van der Waals surface area contributed by atoms with E-state index >= 15 is 0 Å². The van der Waals surface area contributed by atoms with Crippen LogP contribution in [0.4, 0.5) is 11.5 Å². The fourth-order valence-electron chi connectivity index (χ4n) is 2.64. The summed E-state index contributed by atoms with van der Waals surface area (Å²) in [6, 6.07) is 8.85. The molecular formula is C17H13N9O5. The van der Waals surface area contributed by atoms with E-state index in [4.69, 9.17) is 10.2 Å². The van der Waals surface area contributed by atoms with Gasteiger partial charge in [-0.15, -0.1) is 5.10 Å². The minimum atomic E-state index is -0.708. The fourth-order valence-corrected chi connectivity index (χ4v) is 2.64. The molecule has 4 rings (SSSR count). The third-order valence-electron chi connectivity index (χ3n) is 4.05. The number of aryl methyl sites for hydroxylation is 1. The van der Waals surface area contributed by atoms with Gasteiger partial charge in [0.15, 0.2) is 5.69 Å². The van der Waals surface area contributed by atoms with E-state index in [-0.39, 0.29) is 28.7 Å². The van der Waals surface area contributed by atoms with E-state index < -0.39 is 10.8 Å². The number of carbonyl (C=O) groups is 1. The number of nitro groups is 1. The molecule has 0 spiro atoms. The minimum absolute atomic E-state index is 0.0588. The van der Waals surface area contributed by atoms with Gasteiger partial charge in [-0.25, -0.2) is 10.1 Å². The molecule has 3 aromatic heterocycles. The predicted molar refractivity (Wildman–Crippen MR) is 104 cm³/mol. The number of hydrogen-bond donors (Lipinski definition) is 2. The van der Waals surface area contributed by atoms with Crippen LogP contribution in [0.1, 0.15) is 22.0 Å². The summed E-state index contributed by atoms with van der Waals surface area (Å²) in [5.74, 6) is 0.231. The van der Waals surface area contributed by atoms with E-state index in [0.717, 1.165) is 4.68 Å². The Kier molecular flexibility index (Phi) is 4.93. The number of nitrogens with zero attached hydrogens (tertiary/aromatic N) is 7. The van der Waals surface area contributed by atoms with Crippen molar-refractivity contribution in [3.8, 4) is 17.1 Å². The van der Waals surface area contributed by atoms with E-state index in [1.807, 2.05) is 0 Å². The molecule has 3 N–H and O–H groups in total. The predicted octanol–water partition coefficient (Wildman–Crippen LogP) is 1.47. The van der Waals surface area contributed by atoms with Crippen molar-refractivity contribution in [1.82, 2.24) is 30.7 Å². The number of nitrogens with one attached hydrogen (secondary N) is 1. The van der Waals surface area contributed by atoms with Gasteiger partial charge in [-0.3, -0.25) is 14.9 Å². The standard InChI is InChI=1S/C17H13N9O5/c1-9-2-7-12(30-9)8-19-21-17(27)14-13(10-3-5-11(6-4-10)26(28)29)20-24-25(14)16-15(18)22-31-23-16/h2-8H,1H3,(H2,18,22)(H,21,27)/b19-8+. The van der Waals surface area contributed by atoms with Crippen LogP contribution in [-0.2, 0) is 0 Å². The number of nitrogen functional groups attached to an aromatic ring is 1. The van der Waals surface area contributed by atoms with Crippen molar-refractivity contribution in [2.24, 2.45) is 5.10 Å². The average Bonchev–Trinajstić information content (AvgIpc) is 3.47. The van der Waals surface area contributed by atoms with Crippen LogP contribution < -0.4 is 11.2 Å². The van der Waals surface area contributed by atoms with Crippen LogP contribution in [0.25, 0.3) is 17.1 Å². The SMILES string of the molecule is Cc1ccc(/C=N/NC(=O)c2c(-c3ccc([N+](=O)[O-])cc3)nnn2-c2nonc2N)o1. The van der Waals surface area contributed by atoms with Crippen molar-refractivity contribution in [3.63, 3.8) is 0 Å². The maximum atomic E-state index is 12.9. The number of amides is 1. The molecule has 31 heavy (non-hydrogen) atoms. The van der Waals surface area contributed by atoms with E-state index in [2.05, 4.69) is 35.8 Å². The Morgan fingerprint density at radius 2 is 2.03 bits per heavy atom. The first-order chi connectivity index (χ1) is 14.9. The van der Waals surface area contributed by atoms with Crippen LogP contribution in [0.3, 0.4) is 0 Å². The van der Waals surface area contributed by atoms with Gasteiger partial charge in [-0.1, -0.05) is 5.21 Å². The summed E-state index contributed by atoms with van der Waals surface area (Å²) in [5, 5.41) is 29.8. The molecule has 0 unspecified atom stereocenters. The summed E-state index contributed by atoms with van der Waals surface area (Å²) in [4.78, 5) is 23.3. The van der Waals surface area contributed by atoms with Gasteiger partial charge >= 0.3 is 0 Å². The van der Waals surface area contributed by atoms with Crippen LogP contribution in [-0.4, -0.2) is 42.4 Å². The molecule has 156 valence electrons. The summed E-state index contributed by atoms with van der Waals surface area (Å²) >= 11 is 0. The highest BCUT2D eigenvalue weighted by molar-refractivity contribution is 5.99.